The number of amides is 1. The average molecular weight is 259 g/mol. The molecule has 0 aromatic rings. The molecule has 1 saturated heterocycles. The predicted molar refractivity (Wildman–Crippen MR) is 69.1 cm³/mol. The Kier molecular flexibility index (Phi) is 5.31. The lowest BCUT2D eigenvalue weighted by atomic mass is 9.85. The molecule has 0 saturated carbocycles. The average Bonchev–Trinajstić information content (AvgIpc) is 2.15. The van der Waals surface area contributed by atoms with Crippen LogP contribution in [0.1, 0.15) is 39.5 Å². The van der Waals surface area contributed by atoms with E-state index >= 15 is 0 Å². The number of hydrogen-bond donors (Lipinski definition) is 2. The van der Waals surface area contributed by atoms with E-state index in [1.54, 1.807) is 0 Å². The van der Waals surface area contributed by atoms with Gasteiger partial charge in [0.15, 0.2) is 0 Å². The Hall–Kier alpha value is -0.710. The van der Waals surface area contributed by atoms with Crippen LogP contribution in [0.5, 0.6) is 0 Å². The highest BCUT2D eigenvalue weighted by Crippen LogP contribution is 2.25. The van der Waals surface area contributed by atoms with Crippen LogP contribution in [0.15, 0.2) is 0 Å². The summed E-state index contributed by atoms with van der Waals surface area (Å²) in [6.45, 7) is 3.63. The number of carboxylic acids is 1. The molecular weight excluding hydrogens is 238 g/mol. The quantitative estimate of drug-likeness (QED) is 0.791. The molecule has 0 aromatic carbocycles. The Morgan fingerprint density at radius 2 is 2.12 bits per heavy atom. The minimum absolute atomic E-state index is 0.0243. The largest absolute Gasteiger partial charge is 0.481 e. The zero-order valence-electron chi connectivity index (χ0n) is 10.5. The van der Waals surface area contributed by atoms with E-state index in [0.29, 0.717) is 0 Å². The summed E-state index contributed by atoms with van der Waals surface area (Å²) in [7, 11) is 0. The molecule has 1 heterocycles. The van der Waals surface area contributed by atoms with Gasteiger partial charge in [0.25, 0.3) is 0 Å². The van der Waals surface area contributed by atoms with Crippen LogP contribution < -0.4 is 5.32 Å². The number of carbonyl (C=O) groups is 2. The number of carboxylic acid groups (broad SMARTS) is 1. The lowest BCUT2D eigenvalue weighted by Gasteiger charge is -2.26. The van der Waals surface area contributed by atoms with E-state index in [4.69, 9.17) is 5.11 Å². The van der Waals surface area contributed by atoms with Crippen molar-refractivity contribution in [2.75, 3.05) is 11.5 Å². The second-order valence-corrected chi connectivity index (χ2v) is 6.54. The first-order chi connectivity index (χ1) is 7.89. The lowest BCUT2D eigenvalue weighted by molar-refractivity contribution is -0.139. The third-order valence-corrected chi connectivity index (χ3v) is 4.01. The number of thioether (sulfide) groups is 1. The number of nitrogens with one attached hydrogen (secondary N) is 1. The monoisotopic (exact) mass is 259 g/mol. The molecule has 98 valence electrons. The number of carbonyl (C=O) groups excluding carboxylic acids is 1. The molecule has 1 aliphatic heterocycles. The third kappa shape index (κ3) is 5.96. The van der Waals surface area contributed by atoms with Gasteiger partial charge in [-0.2, -0.15) is 11.8 Å². The normalized spacial score (nSPS) is 20.9. The molecule has 1 fully saturated rings. The van der Waals surface area contributed by atoms with Crippen LogP contribution in [0.4, 0.5) is 0 Å². The Morgan fingerprint density at radius 1 is 1.41 bits per heavy atom. The molecule has 1 unspecified atom stereocenters. The molecule has 1 rings (SSSR count). The van der Waals surface area contributed by atoms with E-state index in [2.05, 4.69) is 5.32 Å². The van der Waals surface area contributed by atoms with Crippen molar-refractivity contribution in [3.05, 3.63) is 0 Å². The fourth-order valence-electron chi connectivity index (χ4n) is 2.04. The molecule has 0 radical (unpaired) electrons. The zero-order valence-corrected chi connectivity index (χ0v) is 11.3. The number of rotatable bonds is 5. The number of aliphatic carboxylic acids is 1. The highest BCUT2D eigenvalue weighted by molar-refractivity contribution is 7.99. The SMILES string of the molecule is CC(C)(CC(=O)O)CC(=O)NC1CCCSC1. The number of hydrogen-bond acceptors (Lipinski definition) is 3. The smallest absolute Gasteiger partial charge is 0.303 e. The Morgan fingerprint density at radius 3 is 2.65 bits per heavy atom. The van der Waals surface area contributed by atoms with E-state index < -0.39 is 11.4 Å². The van der Waals surface area contributed by atoms with Crippen molar-refractivity contribution in [3.8, 4) is 0 Å². The van der Waals surface area contributed by atoms with Gasteiger partial charge in [-0.3, -0.25) is 9.59 Å². The van der Waals surface area contributed by atoms with Crippen LogP contribution in [-0.2, 0) is 9.59 Å². The first kappa shape index (κ1) is 14.4. The molecule has 0 spiro atoms. The van der Waals surface area contributed by atoms with Crippen LogP contribution in [0.25, 0.3) is 0 Å². The maximum absolute atomic E-state index is 11.8. The summed E-state index contributed by atoms with van der Waals surface area (Å²) in [4.78, 5) is 22.4. The molecule has 0 bridgehead atoms. The van der Waals surface area contributed by atoms with E-state index in [1.807, 2.05) is 25.6 Å². The van der Waals surface area contributed by atoms with Gasteiger partial charge in [0.2, 0.25) is 5.91 Å². The van der Waals surface area contributed by atoms with Gasteiger partial charge in [0.1, 0.15) is 0 Å². The topological polar surface area (TPSA) is 66.4 Å². The maximum Gasteiger partial charge on any atom is 0.303 e. The molecule has 4 nitrogen and oxygen atoms in total. The van der Waals surface area contributed by atoms with Gasteiger partial charge in [-0.15, -0.1) is 0 Å². The van der Waals surface area contributed by atoms with Gasteiger partial charge >= 0.3 is 5.97 Å². The molecule has 0 aliphatic carbocycles. The predicted octanol–water partition coefficient (Wildman–Crippen LogP) is 1.89. The molecule has 1 amide bonds. The van der Waals surface area contributed by atoms with Crippen molar-refractivity contribution in [1.29, 1.82) is 0 Å². The standard InChI is InChI=1S/C12H21NO3S/c1-12(2,7-11(15)16)6-10(14)13-9-4-3-5-17-8-9/h9H,3-8H2,1-2H3,(H,13,14)(H,15,16). The minimum atomic E-state index is -0.851. The zero-order chi connectivity index (χ0) is 12.9. The van der Waals surface area contributed by atoms with Gasteiger partial charge in [-0.1, -0.05) is 13.8 Å². The summed E-state index contributed by atoms with van der Waals surface area (Å²) in [5, 5.41) is 11.7. The van der Waals surface area contributed by atoms with E-state index in [9.17, 15) is 9.59 Å². The second-order valence-electron chi connectivity index (χ2n) is 5.39. The van der Waals surface area contributed by atoms with Crippen molar-refractivity contribution in [3.63, 3.8) is 0 Å². The molecule has 5 heteroatoms. The van der Waals surface area contributed by atoms with Gasteiger partial charge < -0.3 is 10.4 Å². The summed E-state index contributed by atoms with van der Waals surface area (Å²) in [6, 6.07) is 0.266. The van der Waals surface area contributed by atoms with Gasteiger partial charge in [-0.25, -0.2) is 0 Å². The van der Waals surface area contributed by atoms with Gasteiger partial charge in [0.05, 0.1) is 6.42 Å². The van der Waals surface area contributed by atoms with Gasteiger partial charge in [0, 0.05) is 18.2 Å². The first-order valence-corrected chi connectivity index (χ1v) is 7.13. The lowest BCUT2D eigenvalue weighted by Crippen LogP contribution is -2.40. The fraction of sp³-hybridized carbons (Fsp3) is 0.833. The van der Waals surface area contributed by atoms with Crippen LogP contribution in [0, 0.1) is 5.41 Å². The summed E-state index contributed by atoms with van der Waals surface area (Å²) in [6.07, 6.45) is 2.49. The Balaban J connectivity index is 2.34. The summed E-state index contributed by atoms with van der Waals surface area (Å²) in [5.74, 6) is 1.28. The molecular formula is C12H21NO3S. The molecule has 17 heavy (non-hydrogen) atoms. The van der Waals surface area contributed by atoms with E-state index in [-0.39, 0.29) is 24.8 Å². The molecule has 1 atom stereocenters. The Labute approximate surface area is 107 Å². The van der Waals surface area contributed by atoms with Crippen molar-refractivity contribution in [2.24, 2.45) is 5.41 Å². The third-order valence-electron chi connectivity index (χ3n) is 2.79. The van der Waals surface area contributed by atoms with Crippen molar-refractivity contribution < 1.29 is 14.7 Å². The van der Waals surface area contributed by atoms with Crippen molar-refractivity contribution in [1.82, 2.24) is 5.32 Å². The Bertz CT molecular complexity index is 285. The highest BCUT2D eigenvalue weighted by Gasteiger charge is 2.26. The van der Waals surface area contributed by atoms with Crippen molar-refractivity contribution in [2.45, 2.75) is 45.6 Å². The first-order valence-electron chi connectivity index (χ1n) is 5.98. The summed E-state index contributed by atoms with van der Waals surface area (Å²) < 4.78 is 0. The maximum atomic E-state index is 11.8. The molecule has 2 N–H and O–H groups in total. The minimum Gasteiger partial charge on any atom is -0.481 e. The van der Waals surface area contributed by atoms with Crippen LogP contribution in [0.3, 0.4) is 0 Å². The van der Waals surface area contributed by atoms with Crippen LogP contribution in [-0.4, -0.2) is 34.5 Å². The van der Waals surface area contributed by atoms with Crippen LogP contribution in [0.2, 0.25) is 0 Å². The van der Waals surface area contributed by atoms with Crippen LogP contribution >= 0.6 is 11.8 Å². The van der Waals surface area contributed by atoms with Crippen molar-refractivity contribution >= 4 is 23.6 Å². The second kappa shape index (κ2) is 6.28. The van der Waals surface area contributed by atoms with E-state index in [0.717, 1.165) is 18.6 Å². The fourth-order valence-corrected chi connectivity index (χ4v) is 3.11. The molecule has 0 aromatic heterocycles. The van der Waals surface area contributed by atoms with Gasteiger partial charge in [-0.05, 0) is 24.0 Å². The van der Waals surface area contributed by atoms with E-state index in [1.165, 1.54) is 5.75 Å². The summed E-state index contributed by atoms with van der Waals surface area (Å²) in [5.41, 5.74) is -0.474. The molecule has 1 aliphatic rings. The highest BCUT2D eigenvalue weighted by atomic mass is 32.2. The summed E-state index contributed by atoms with van der Waals surface area (Å²) >= 11 is 1.86.